The van der Waals surface area contributed by atoms with Crippen molar-refractivity contribution in [2.24, 2.45) is 28.2 Å². The number of para-hydroxylation sites is 8. The summed E-state index contributed by atoms with van der Waals surface area (Å²) in [5.41, 5.74) is 13.9. The number of ether oxygens (including phenoxy) is 8. The summed E-state index contributed by atoms with van der Waals surface area (Å²) < 4.78 is 48.7. The van der Waals surface area contributed by atoms with E-state index in [4.69, 9.17) is 102 Å². The van der Waals surface area contributed by atoms with Crippen LogP contribution in [-0.2, 0) is 28.2 Å². The van der Waals surface area contributed by atoms with Crippen molar-refractivity contribution in [2.75, 3.05) is 78.6 Å². The van der Waals surface area contributed by atoms with E-state index < -0.39 is 19.7 Å². The van der Waals surface area contributed by atoms with Gasteiger partial charge in [0.25, 0.3) is 45.0 Å². The van der Waals surface area contributed by atoms with Crippen molar-refractivity contribution >= 4 is 165 Å². The highest BCUT2D eigenvalue weighted by Crippen LogP contribution is 2.49. The maximum atomic E-state index is 13.5. The fourth-order valence-corrected chi connectivity index (χ4v) is 16.8. The van der Waals surface area contributed by atoms with Crippen LogP contribution >= 0.6 is 58.0 Å². The Morgan fingerprint density at radius 1 is 0.321 bits per heavy atom. The first-order chi connectivity index (χ1) is 65.4. The standard InChI is InChI=1S/2C24H20Cl2N4O5.C24H22N4O5.C18H17ClN2O3.C6H6N2O2/c2*1-12-22-13(11-27-23(12)28-15-7-5-6-8-16(15)30(32)33)9-14(24(31)29(22)2)19-20(25)17(34-3)10-18(35-4)21(19)26;1-14-22-16(13-25-23(14)26-20-7-5-6-8-21(20)28(30)31)11-19(24(29)27(22)2)15-9-17(32-3)12-18(10-15)33-4;1-10-16-12(9-20-17(10)19)7-15(18(22)21(16)2)11-5-13(23-3)8-14(6-11)24-4;7-5-3-1-2-4-6(5)8(9)10/h2*5-11H,1-4H3,(H,27,28);5-13H,1-4H3,(H,25,26);5-9H,1-4H3;1-4H,7H2. The monoisotopic (exact) mass is 1960 g/mol. The van der Waals surface area contributed by atoms with Crippen molar-refractivity contribution in [1.82, 2.24) is 38.2 Å². The lowest BCUT2D eigenvalue weighted by Crippen LogP contribution is -2.20. The molecule has 0 bridgehead atoms. The highest BCUT2D eigenvalue weighted by atomic mass is 35.5. The number of nitrogen functional groups attached to an aromatic ring is 1. The van der Waals surface area contributed by atoms with Crippen LogP contribution in [0.4, 0.5) is 63.0 Å². The zero-order chi connectivity index (χ0) is 99.6. The van der Waals surface area contributed by atoms with Crippen LogP contribution in [0.2, 0.25) is 25.2 Å². The first kappa shape index (κ1) is 99.9. The highest BCUT2D eigenvalue weighted by molar-refractivity contribution is 6.42. The molecule has 5 N–H and O–H groups in total. The Labute approximate surface area is 804 Å². The molecule has 0 aliphatic heterocycles. The van der Waals surface area contributed by atoms with Gasteiger partial charge in [0.05, 0.1) is 130 Å². The third kappa shape index (κ3) is 20.7. The van der Waals surface area contributed by atoms with Gasteiger partial charge in [0.2, 0.25) is 0 Å². The van der Waals surface area contributed by atoms with Crippen LogP contribution < -0.4 is 81.8 Å². The van der Waals surface area contributed by atoms with Crippen LogP contribution in [0.5, 0.6) is 46.0 Å². The highest BCUT2D eigenvalue weighted by Gasteiger charge is 2.29. The molecule has 0 radical (unpaired) electrons. The second-order valence-electron chi connectivity index (χ2n) is 30.1. The zero-order valence-electron chi connectivity index (χ0n) is 76.0. The van der Waals surface area contributed by atoms with E-state index in [0.29, 0.717) is 135 Å². The summed E-state index contributed by atoms with van der Waals surface area (Å²) in [5, 5.41) is 57.3. The molecule has 0 fully saturated rings. The van der Waals surface area contributed by atoms with Gasteiger partial charge in [0, 0.05) is 168 Å². The van der Waals surface area contributed by atoms with Gasteiger partial charge in [-0.2, -0.15) is 0 Å². The van der Waals surface area contributed by atoms with Crippen molar-refractivity contribution < 1.29 is 57.6 Å². The number of anilines is 7. The lowest BCUT2D eigenvalue weighted by Gasteiger charge is -2.17. The maximum Gasteiger partial charge on any atom is 0.292 e. The van der Waals surface area contributed by atoms with Crippen molar-refractivity contribution in [3.8, 4) is 90.5 Å². The van der Waals surface area contributed by atoms with Gasteiger partial charge in [-0.25, -0.2) is 19.9 Å². The Morgan fingerprint density at radius 3 is 0.832 bits per heavy atom. The molecule has 0 saturated heterocycles. The lowest BCUT2D eigenvalue weighted by molar-refractivity contribution is -0.384. The molecule has 0 aliphatic carbocycles. The van der Waals surface area contributed by atoms with E-state index in [9.17, 15) is 59.6 Å². The minimum atomic E-state index is -0.505. The first-order valence-electron chi connectivity index (χ1n) is 40.7. The van der Waals surface area contributed by atoms with E-state index >= 15 is 0 Å². The van der Waals surface area contributed by atoms with Gasteiger partial charge in [0.15, 0.2) is 0 Å². The van der Waals surface area contributed by atoms with Crippen molar-refractivity contribution in [3.63, 3.8) is 0 Å². The quantitative estimate of drug-likeness (QED) is 0.0212. The molecule has 0 aliphatic rings. The molecule has 16 rings (SSSR count). The predicted molar refractivity (Wildman–Crippen MR) is 533 cm³/mol. The largest absolute Gasteiger partial charge is 0.497 e. The number of halogens is 5. The van der Waals surface area contributed by atoms with Crippen LogP contribution in [0.1, 0.15) is 22.3 Å². The second kappa shape index (κ2) is 42.8. The third-order valence-corrected chi connectivity index (χ3v) is 24.0. The van der Waals surface area contributed by atoms with E-state index in [1.54, 1.807) is 238 Å². The van der Waals surface area contributed by atoms with Crippen molar-refractivity contribution in [1.29, 1.82) is 0 Å². The lowest BCUT2D eigenvalue weighted by atomic mass is 10.0. The van der Waals surface area contributed by atoms with Crippen LogP contribution in [0, 0.1) is 68.2 Å². The molecular weight excluding hydrogens is 1870 g/mol. The Kier molecular flexibility index (Phi) is 31.2. The number of nitro groups is 4. The summed E-state index contributed by atoms with van der Waals surface area (Å²) in [7, 11) is 18.7. The number of nitro benzene ring substituents is 4. The molecule has 36 nitrogen and oxygen atoms in total. The average Bonchev–Trinajstić information content (AvgIpc) is 0.763. The van der Waals surface area contributed by atoms with Crippen LogP contribution in [0.15, 0.2) is 214 Å². The number of hydrogen-bond donors (Lipinski definition) is 4. The fourth-order valence-electron chi connectivity index (χ4n) is 15.2. The number of nitrogens with zero attached hydrogens (tertiary/aromatic N) is 12. The van der Waals surface area contributed by atoms with E-state index in [-0.39, 0.29) is 104 Å². The summed E-state index contributed by atoms with van der Waals surface area (Å²) in [6, 6.07) is 45.6. The molecule has 8 aromatic carbocycles. The topological polar surface area (TPSA) is 448 Å². The Hall–Kier alpha value is -16.2. The normalized spacial score (nSPS) is 10.8. The van der Waals surface area contributed by atoms with E-state index in [0.717, 1.165) is 27.4 Å². The molecule has 137 heavy (non-hydrogen) atoms. The molecule has 0 saturated carbocycles. The van der Waals surface area contributed by atoms with Gasteiger partial charge in [-0.15, -0.1) is 0 Å². The average molecular weight is 1960 g/mol. The number of nitrogens with one attached hydrogen (secondary N) is 3. The predicted octanol–water partition coefficient (Wildman–Crippen LogP) is 21.1. The summed E-state index contributed by atoms with van der Waals surface area (Å²) in [4.78, 5) is 113. The van der Waals surface area contributed by atoms with Crippen molar-refractivity contribution in [2.45, 2.75) is 27.7 Å². The molecule has 0 unspecified atom stereocenters. The Bertz CT molecular complexity index is 7460. The third-order valence-electron chi connectivity index (χ3n) is 22.1. The smallest absolute Gasteiger partial charge is 0.292 e. The minimum Gasteiger partial charge on any atom is -0.497 e. The molecule has 41 heteroatoms. The number of aryl methyl sites for hydroxylation is 8. The van der Waals surface area contributed by atoms with Gasteiger partial charge in [0.1, 0.15) is 91.4 Å². The molecule has 0 atom stereocenters. The van der Waals surface area contributed by atoms with E-state index in [2.05, 4.69) is 35.9 Å². The molecular formula is C96H85Cl5N16O20. The number of pyridine rings is 8. The van der Waals surface area contributed by atoms with Crippen LogP contribution in [-0.4, -0.2) is 115 Å². The van der Waals surface area contributed by atoms with Gasteiger partial charge in [-0.3, -0.25) is 59.6 Å². The van der Waals surface area contributed by atoms with Gasteiger partial charge >= 0.3 is 0 Å². The maximum absolute atomic E-state index is 13.5. The summed E-state index contributed by atoms with van der Waals surface area (Å²) >= 11 is 32.3. The summed E-state index contributed by atoms with van der Waals surface area (Å²) in [6.45, 7) is 7.23. The Morgan fingerprint density at radius 2 is 0.569 bits per heavy atom. The van der Waals surface area contributed by atoms with E-state index in [1.165, 1.54) is 67.9 Å². The molecule has 704 valence electrons. The molecule has 16 aromatic rings. The van der Waals surface area contributed by atoms with Gasteiger partial charge < -0.3 is 77.8 Å². The zero-order valence-corrected chi connectivity index (χ0v) is 79.8. The fraction of sp³-hybridized carbons (Fsp3) is 0.167. The second-order valence-corrected chi connectivity index (χ2v) is 31.9. The number of aromatic nitrogens is 8. The number of fused-ring (bicyclic) bond motifs is 4. The minimum absolute atomic E-state index is 0.0394. The molecule has 0 amide bonds. The SMILES string of the molecule is COc1cc(OC)c(Cl)c(-c2cc3cnc(Nc4ccccc4[N+](=O)[O-])c(C)c3n(C)c2=O)c1Cl.COc1cc(OC)c(Cl)c(-c2cc3cnc(Nc4ccccc4[N+](=O)[O-])c(C)c3n(C)c2=O)c1Cl.COc1cc(OC)cc(-c2cc3cnc(Cl)c(C)c3n(C)c2=O)c1.COc1cc(OC)cc(-c2cc3cnc(Nc4ccccc4[N+](=O)[O-])c(C)c3n(C)c2=O)c1.Nc1ccccc1[N+](=O)[O-]. The number of rotatable bonds is 22. The first-order valence-corrected chi connectivity index (χ1v) is 42.6. The van der Waals surface area contributed by atoms with Gasteiger partial charge in [-0.05, 0) is 112 Å². The number of nitrogens with two attached hydrogens (primary N) is 1. The van der Waals surface area contributed by atoms with Crippen molar-refractivity contribution in [3.05, 3.63) is 324 Å². The summed E-state index contributed by atoms with van der Waals surface area (Å²) in [6.07, 6.45) is 6.45. The number of methoxy groups -OCH3 is 8. The van der Waals surface area contributed by atoms with E-state index in [1.807, 2.05) is 19.9 Å². The summed E-state index contributed by atoms with van der Waals surface area (Å²) in [5.74, 6) is 4.83. The Balaban J connectivity index is 0.000000159. The van der Waals surface area contributed by atoms with Crippen LogP contribution in [0.3, 0.4) is 0 Å². The molecule has 8 heterocycles. The number of hydrogen-bond acceptors (Lipinski definition) is 28. The molecule has 0 spiro atoms. The van der Waals surface area contributed by atoms with Gasteiger partial charge in [-0.1, -0.05) is 107 Å². The number of benzene rings is 8. The van der Waals surface area contributed by atoms with Crippen LogP contribution in [0.25, 0.3) is 88.1 Å². The molecule has 8 aromatic heterocycles.